The van der Waals surface area contributed by atoms with Gasteiger partial charge in [0.25, 0.3) is 0 Å². The number of aromatic nitrogens is 1. The Balaban J connectivity index is 2.76. The van der Waals surface area contributed by atoms with Crippen LogP contribution in [0.15, 0.2) is 18.5 Å². The molecule has 0 unspecified atom stereocenters. The molecule has 7 nitrogen and oxygen atoms in total. The van der Waals surface area contributed by atoms with Gasteiger partial charge in [0, 0.05) is 13.2 Å². The fourth-order valence-electron chi connectivity index (χ4n) is 0.945. The molecule has 1 amide bonds. The summed E-state index contributed by atoms with van der Waals surface area (Å²) < 4.78 is 0. The van der Waals surface area contributed by atoms with Crippen LogP contribution in [0.1, 0.15) is 0 Å². The molecule has 1 rings (SSSR count). The summed E-state index contributed by atoms with van der Waals surface area (Å²) in [6.07, 6.45) is 2.55. The van der Waals surface area contributed by atoms with Crippen LogP contribution in [0, 0.1) is 10.1 Å². The molecular weight excluding hydrogens is 200 g/mol. The molecule has 0 saturated heterocycles. The highest BCUT2D eigenvalue weighted by molar-refractivity contribution is 5.81. The van der Waals surface area contributed by atoms with Gasteiger partial charge in [-0.15, -0.1) is 0 Å². The second-order valence-corrected chi connectivity index (χ2v) is 2.68. The summed E-state index contributed by atoms with van der Waals surface area (Å²) in [5, 5.41) is 15.6. The summed E-state index contributed by atoms with van der Waals surface area (Å²) in [6, 6.07) is 1.45. The maximum absolute atomic E-state index is 10.9. The molecule has 0 aliphatic rings. The van der Waals surface area contributed by atoms with E-state index in [0.29, 0.717) is 0 Å². The van der Waals surface area contributed by atoms with Crippen molar-refractivity contribution in [3.05, 3.63) is 28.6 Å². The van der Waals surface area contributed by atoms with Crippen LogP contribution in [0.25, 0.3) is 0 Å². The Morgan fingerprint density at radius 2 is 2.40 bits per heavy atom. The summed E-state index contributed by atoms with van der Waals surface area (Å²) in [6.45, 7) is -0.0125. The van der Waals surface area contributed by atoms with Crippen molar-refractivity contribution in [2.24, 2.45) is 0 Å². The highest BCUT2D eigenvalue weighted by Gasteiger charge is 2.13. The minimum Gasteiger partial charge on any atom is -0.370 e. The first-order valence-corrected chi connectivity index (χ1v) is 4.18. The van der Waals surface area contributed by atoms with Gasteiger partial charge in [-0.1, -0.05) is 0 Å². The Labute approximate surface area is 85.7 Å². The lowest BCUT2D eigenvalue weighted by atomic mass is 10.3. The van der Waals surface area contributed by atoms with Gasteiger partial charge in [0.15, 0.2) is 0 Å². The smallest absolute Gasteiger partial charge is 0.310 e. The van der Waals surface area contributed by atoms with Gasteiger partial charge < -0.3 is 10.6 Å². The Morgan fingerprint density at radius 3 is 3.00 bits per heavy atom. The molecule has 1 aromatic heterocycles. The molecule has 0 fully saturated rings. The lowest BCUT2D eigenvalue weighted by Crippen LogP contribution is -2.26. The van der Waals surface area contributed by atoms with Crippen molar-refractivity contribution in [1.29, 1.82) is 0 Å². The maximum Gasteiger partial charge on any atom is 0.310 e. The van der Waals surface area contributed by atoms with E-state index in [1.165, 1.54) is 19.3 Å². The standard InChI is InChI=1S/C8H10N4O3/c1-9-8(13)5-11-6-2-3-10-4-7(6)12(14)15/h2-4H,5H2,1H3,(H,9,13)(H,10,11). The first-order valence-electron chi connectivity index (χ1n) is 4.18. The summed E-state index contributed by atoms with van der Waals surface area (Å²) in [4.78, 5) is 24.5. The highest BCUT2D eigenvalue weighted by atomic mass is 16.6. The van der Waals surface area contributed by atoms with Crippen molar-refractivity contribution in [3.63, 3.8) is 0 Å². The minimum absolute atomic E-state index is 0.0125. The Morgan fingerprint density at radius 1 is 1.67 bits per heavy atom. The zero-order valence-corrected chi connectivity index (χ0v) is 8.06. The number of nitrogens with zero attached hydrogens (tertiary/aromatic N) is 2. The van der Waals surface area contributed by atoms with E-state index < -0.39 is 4.92 Å². The van der Waals surface area contributed by atoms with Gasteiger partial charge in [0.05, 0.1) is 11.5 Å². The molecule has 0 aliphatic heterocycles. The minimum atomic E-state index is -0.556. The van der Waals surface area contributed by atoms with Crippen LogP contribution in [0.3, 0.4) is 0 Å². The third-order valence-electron chi connectivity index (χ3n) is 1.71. The second kappa shape index (κ2) is 4.89. The number of carbonyl (C=O) groups excluding carboxylic acids is 1. The van der Waals surface area contributed by atoms with Crippen molar-refractivity contribution in [2.75, 3.05) is 18.9 Å². The quantitative estimate of drug-likeness (QED) is 0.544. The topological polar surface area (TPSA) is 97.2 Å². The Hall–Kier alpha value is -2.18. The molecule has 80 valence electrons. The molecule has 0 atom stereocenters. The average molecular weight is 210 g/mol. The third-order valence-corrected chi connectivity index (χ3v) is 1.71. The number of likely N-dealkylation sites (N-methyl/N-ethyl adjacent to an activating group) is 1. The number of amides is 1. The lowest BCUT2D eigenvalue weighted by molar-refractivity contribution is -0.384. The number of pyridine rings is 1. The lowest BCUT2D eigenvalue weighted by Gasteiger charge is -2.04. The van der Waals surface area contributed by atoms with Crippen molar-refractivity contribution in [1.82, 2.24) is 10.3 Å². The summed E-state index contributed by atoms with van der Waals surface area (Å²) in [7, 11) is 1.49. The van der Waals surface area contributed by atoms with Crippen molar-refractivity contribution < 1.29 is 9.72 Å². The van der Waals surface area contributed by atoms with Crippen LogP contribution < -0.4 is 10.6 Å². The van der Waals surface area contributed by atoms with Crippen molar-refractivity contribution >= 4 is 17.3 Å². The molecule has 1 aromatic rings. The predicted molar refractivity (Wildman–Crippen MR) is 53.4 cm³/mol. The SMILES string of the molecule is CNC(=O)CNc1ccncc1[N+](=O)[O-]. The van der Waals surface area contributed by atoms with Crippen LogP contribution in [-0.2, 0) is 4.79 Å². The molecular formula is C8H10N4O3. The Kier molecular flexibility index (Phi) is 3.55. The molecule has 0 aliphatic carbocycles. The summed E-state index contributed by atoms with van der Waals surface area (Å²) in [5.74, 6) is -0.249. The molecule has 0 aromatic carbocycles. The summed E-state index contributed by atoms with van der Waals surface area (Å²) in [5.41, 5.74) is 0.125. The van der Waals surface area contributed by atoms with E-state index in [0.717, 1.165) is 6.20 Å². The van der Waals surface area contributed by atoms with Crippen LogP contribution >= 0.6 is 0 Å². The van der Waals surface area contributed by atoms with Crippen molar-refractivity contribution in [2.45, 2.75) is 0 Å². The van der Waals surface area contributed by atoms with Gasteiger partial charge >= 0.3 is 5.69 Å². The van der Waals surface area contributed by atoms with Crippen LogP contribution in [0.4, 0.5) is 11.4 Å². The number of nitrogens with one attached hydrogen (secondary N) is 2. The van der Waals surface area contributed by atoms with E-state index in [4.69, 9.17) is 0 Å². The number of hydrogen-bond acceptors (Lipinski definition) is 5. The number of rotatable bonds is 4. The second-order valence-electron chi connectivity index (χ2n) is 2.68. The Bertz CT molecular complexity index is 380. The van der Waals surface area contributed by atoms with Gasteiger partial charge in [-0.25, -0.2) is 0 Å². The molecule has 0 spiro atoms. The predicted octanol–water partition coefficient (Wildman–Crippen LogP) is 0.148. The van der Waals surface area contributed by atoms with Crippen LogP contribution in [-0.4, -0.2) is 29.4 Å². The number of hydrogen-bond donors (Lipinski definition) is 2. The molecule has 0 bridgehead atoms. The fourth-order valence-corrected chi connectivity index (χ4v) is 0.945. The third kappa shape index (κ3) is 2.90. The molecule has 0 radical (unpaired) electrons. The first-order chi connectivity index (χ1) is 7.15. The van der Waals surface area contributed by atoms with Gasteiger partial charge in [-0.2, -0.15) is 0 Å². The summed E-state index contributed by atoms with van der Waals surface area (Å²) >= 11 is 0. The van der Waals surface area contributed by atoms with Gasteiger partial charge in [0.2, 0.25) is 5.91 Å². The molecule has 1 heterocycles. The van der Waals surface area contributed by atoms with Crippen LogP contribution in [0.5, 0.6) is 0 Å². The molecule has 2 N–H and O–H groups in total. The average Bonchev–Trinajstić information content (AvgIpc) is 2.26. The fraction of sp³-hybridized carbons (Fsp3) is 0.250. The monoisotopic (exact) mass is 210 g/mol. The number of carbonyl (C=O) groups is 1. The van der Waals surface area contributed by atoms with E-state index in [2.05, 4.69) is 15.6 Å². The number of anilines is 1. The first kappa shape index (κ1) is 10.9. The van der Waals surface area contributed by atoms with Crippen LogP contribution in [0.2, 0.25) is 0 Å². The number of nitro groups is 1. The zero-order chi connectivity index (χ0) is 11.3. The molecule has 15 heavy (non-hydrogen) atoms. The molecule has 0 saturated carbocycles. The zero-order valence-electron chi connectivity index (χ0n) is 8.06. The van der Waals surface area contributed by atoms with E-state index in [9.17, 15) is 14.9 Å². The highest BCUT2D eigenvalue weighted by Crippen LogP contribution is 2.21. The van der Waals surface area contributed by atoms with E-state index >= 15 is 0 Å². The van der Waals surface area contributed by atoms with Gasteiger partial charge in [-0.05, 0) is 6.07 Å². The van der Waals surface area contributed by atoms with E-state index in [1.54, 1.807) is 0 Å². The van der Waals surface area contributed by atoms with E-state index in [-0.39, 0.29) is 23.8 Å². The maximum atomic E-state index is 10.9. The van der Waals surface area contributed by atoms with Gasteiger partial charge in [0.1, 0.15) is 11.9 Å². The van der Waals surface area contributed by atoms with Crippen molar-refractivity contribution in [3.8, 4) is 0 Å². The molecule has 7 heteroatoms. The van der Waals surface area contributed by atoms with Gasteiger partial charge in [-0.3, -0.25) is 19.9 Å². The largest absolute Gasteiger partial charge is 0.370 e. The normalized spacial score (nSPS) is 9.40. The van der Waals surface area contributed by atoms with E-state index in [1.807, 2.05) is 0 Å².